The lowest BCUT2D eigenvalue weighted by Gasteiger charge is -2.38. The first-order valence-electron chi connectivity index (χ1n) is 18.3. The molecule has 6 rings (SSSR count). The van der Waals surface area contributed by atoms with Gasteiger partial charge in [-0.1, -0.05) is 124 Å². The van der Waals surface area contributed by atoms with Gasteiger partial charge >= 0.3 is 0 Å². The molecule has 0 spiro atoms. The Kier molecular flexibility index (Phi) is 10.0. The second-order valence-corrected chi connectivity index (χ2v) is 15.6. The second-order valence-electron chi connectivity index (χ2n) is 15.6. The lowest BCUT2D eigenvalue weighted by Crippen LogP contribution is -2.30. The molecule has 0 aromatic heterocycles. The number of benzene rings is 2. The highest BCUT2D eigenvalue weighted by Gasteiger charge is 2.31. The van der Waals surface area contributed by atoms with Gasteiger partial charge in [0.25, 0.3) is 0 Å². The highest BCUT2D eigenvalue weighted by atomic mass is 15.2. The van der Waals surface area contributed by atoms with Crippen LogP contribution in [0.5, 0.6) is 0 Å². The largest absolute Gasteiger partial charge is 0.334 e. The lowest BCUT2D eigenvalue weighted by atomic mass is 9.75. The maximum absolute atomic E-state index is 2.54. The molecule has 250 valence electrons. The molecule has 0 aliphatic heterocycles. The van der Waals surface area contributed by atoms with Gasteiger partial charge in [0, 0.05) is 28.5 Å². The van der Waals surface area contributed by atoms with Crippen LogP contribution in [0.4, 0.5) is 11.4 Å². The summed E-state index contributed by atoms with van der Waals surface area (Å²) >= 11 is 0. The highest BCUT2D eigenvalue weighted by Crippen LogP contribution is 2.43. The van der Waals surface area contributed by atoms with E-state index >= 15 is 0 Å². The van der Waals surface area contributed by atoms with Crippen LogP contribution >= 0.6 is 0 Å². The van der Waals surface area contributed by atoms with Crippen LogP contribution in [0.3, 0.4) is 0 Å². The van der Waals surface area contributed by atoms with Crippen molar-refractivity contribution >= 4 is 11.4 Å². The van der Waals surface area contributed by atoms with Gasteiger partial charge in [-0.15, -0.1) is 0 Å². The number of allylic oxidation sites excluding steroid dienone is 12. The van der Waals surface area contributed by atoms with Gasteiger partial charge < -0.3 is 9.80 Å². The van der Waals surface area contributed by atoms with E-state index in [0.717, 1.165) is 25.7 Å². The van der Waals surface area contributed by atoms with Gasteiger partial charge in [0.15, 0.2) is 0 Å². The molecule has 4 aliphatic rings. The summed E-state index contributed by atoms with van der Waals surface area (Å²) in [4.78, 5) is 5.04. The zero-order valence-corrected chi connectivity index (χ0v) is 30.6. The summed E-state index contributed by atoms with van der Waals surface area (Å²) in [5, 5.41) is 0. The van der Waals surface area contributed by atoms with Gasteiger partial charge in [0.1, 0.15) is 0 Å². The molecule has 2 aromatic carbocycles. The third-order valence-electron chi connectivity index (χ3n) is 11.1. The summed E-state index contributed by atoms with van der Waals surface area (Å²) in [5.41, 5.74) is 12.2. The fourth-order valence-corrected chi connectivity index (χ4v) is 7.77. The number of hydrogen-bond acceptors (Lipinski definition) is 2. The molecule has 0 heterocycles. The molecular weight excluding hydrogens is 581 g/mol. The molecule has 0 amide bonds. The standard InChI is InChI=1S/C46H56N2/c1-32(2)45(37-16-27-42(28-17-37)47(39-20-9-33(3)10-21-39)40-22-11-34(4)12-23-40)38-18-29-43(30-19-38)48(41-24-13-35(5)14-25-41)44-26-15-36(6)46(7,8)31-44/h9-13,15-18,20-22,24,26-32,36,38,40,45H,14,19,23,25H2,1-8H3. The molecule has 4 atom stereocenters. The quantitative estimate of drug-likeness (QED) is 0.270. The summed E-state index contributed by atoms with van der Waals surface area (Å²) < 4.78 is 0. The molecule has 4 aliphatic carbocycles. The van der Waals surface area contributed by atoms with Crippen LogP contribution in [-0.2, 0) is 0 Å². The van der Waals surface area contributed by atoms with Crippen molar-refractivity contribution in [2.24, 2.45) is 23.2 Å². The van der Waals surface area contributed by atoms with Crippen molar-refractivity contribution in [2.75, 3.05) is 4.90 Å². The summed E-state index contributed by atoms with van der Waals surface area (Å²) in [6, 6.07) is 18.8. The minimum absolute atomic E-state index is 0.123. The Morgan fingerprint density at radius 3 is 1.98 bits per heavy atom. The summed E-state index contributed by atoms with van der Waals surface area (Å²) in [7, 11) is 0. The minimum Gasteiger partial charge on any atom is -0.334 e. The molecule has 0 bridgehead atoms. The maximum atomic E-state index is 2.54. The van der Waals surface area contributed by atoms with Gasteiger partial charge in [-0.2, -0.15) is 0 Å². The molecule has 4 unspecified atom stereocenters. The van der Waals surface area contributed by atoms with Crippen molar-refractivity contribution < 1.29 is 0 Å². The van der Waals surface area contributed by atoms with Gasteiger partial charge in [0.2, 0.25) is 0 Å². The zero-order valence-electron chi connectivity index (χ0n) is 30.6. The van der Waals surface area contributed by atoms with Crippen LogP contribution in [0.15, 0.2) is 144 Å². The molecule has 2 heteroatoms. The van der Waals surface area contributed by atoms with E-state index < -0.39 is 0 Å². The number of hydrogen-bond donors (Lipinski definition) is 0. The van der Waals surface area contributed by atoms with E-state index in [1.807, 2.05) is 0 Å². The van der Waals surface area contributed by atoms with Crippen molar-refractivity contribution in [3.05, 3.63) is 155 Å². The van der Waals surface area contributed by atoms with Crippen molar-refractivity contribution in [1.82, 2.24) is 4.90 Å². The Morgan fingerprint density at radius 1 is 0.729 bits per heavy atom. The number of aryl methyl sites for hydroxylation is 1. The first-order chi connectivity index (χ1) is 23.0. The van der Waals surface area contributed by atoms with Crippen LogP contribution in [0.2, 0.25) is 0 Å². The van der Waals surface area contributed by atoms with Crippen LogP contribution in [0.1, 0.15) is 91.2 Å². The number of anilines is 2. The van der Waals surface area contributed by atoms with E-state index in [1.165, 1.54) is 50.7 Å². The van der Waals surface area contributed by atoms with Crippen LogP contribution in [-0.4, -0.2) is 10.9 Å². The number of rotatable bonds is 9. The normalized spacial score (nSPS) is 23.9. The Morgan fingerprint density at radius 2 is 1.42 bits per heavy atom. The summed E-state index contributed by atoms with van der Waals surface area (Å²) in [6.07, 6.45) is 30.5. The van der Waals surface area contributed by atoms with Gasteiger partial charge in [0.05, 0.1) is 6.04 Å². The van der Waals surface area contributed by atoms with E-state index in [9.17, 15) is 0 Å². The van der Waals surface area contributed by atoms with Gasteiger partial charge in [-0.25, -0.2) is 0 Å². The third-order valence-corrected chi connectivity index (χ3v) is 11.1. The van der Waals surface area contributed by atoms with E-state index in [0.29, 0.717) is 29.7 Å². The molecule has 2 aromatic rings. The molecule has 0 saturated carbocycles. The number of nitrogens with zero attached hydrogens (tertiary/aromatic N) is 2. The first-order valence-corrected chi connectivity index (χ1v) is 18.3. The molecular formula is C46H56N2. The van der Waals surface area contributed by atoms with E-state index in [1.54, 1.807) is 0 Å². The molecule has 0 fully saturated rings. The third kappa shape index (κ3) is 7.34. The topological polar surface area (TPSA) is 6.48 Å². The smallest absolute Gasteiger partial charge is 0.0560 e. The molecule has 0 saturated heterocycles. The van der Waals surface area contributed by atoms with Crippen molar-refractivity contribution in [3.63, 3.8) is 0 Å². The fraction of sp³-hybridized carbons (Fsp3) is 0.391. The van der Waals surface area contributed by atoms with Crippen molar-refractivity contribution in [2.45, 2.75) is 93.0 Å². The fourth-order valence-electron chi connectivity index (χ4n) is 7.77. The maximum Gasteiger partial charge on any atom is 0.0560 e. The van der Waals surface area contributed by atoms with E-state index in [4.69, 9.17) is 0 Å². The molecule has 48 heavy (non-hydrogen) atoms. The predicted molar refractivity (Wildman–Crippen MR) is 207 cm³/mol. The average molecular weight is 637 g/mol. The average Bonchev–Trinajstić information content (AvgIpc) is 3.07. The van der Waals surface area contributed by atoms with E-state index in [2.05, 4.69) is 181 Å². The predicted octanol–water partition coefficient (Wildman–Crippen LogP) is 12.6. The minimum atomic E-state index is 0.123. The highest BCUT2D eigenvalue weighted by molar-refractivity contribution is 5.66. The first kappa shape index (κ1) is 33.8. The Labute approximate surface area is 291 Å². The Bertz CT molecular complexity index is 1710. The van der Waals surface area contributed by atoms with Gasteiger partial charge in [-0.3, -0.25) is 0 Å². The van der Waals surface area contributed by atoms with Crippen LogP contribution in [0.25, 0.3) is 0 Å². The molecule has 0 N–H and O–H groups in total. The summed E-state index contributed by atoms with van der Waals surface area (Å²) in [6.45, 7) is 18.4. The van der Waals surface area contributed by atoms with Crippen LogP contribution < -0.4 is 4.90 Å². The summed E-state index contributed by atoms with van der Waals surface area (Å²) in [5.74, 6) is 1.95. The Hall–Kier alpha value is -4.04. The molecule has 0 radical (unpaired) electrons. The SMILES string of the molecule is CC1=CCC(N(c2ccc(C)cc2)c2ccc(C(C(C)C)C3C=CC(N(C4=CC(C)(C)C(C)C=C4)C4=CC=C(C)CC4)=CC3)cc2)C=C1. The Balaban J connectivity index is 1.26. The van der Waals surface area contributed by atoms with Crippen LogP contribution in [0, 0.1) is 30.1 Å². The monoisotopic (exact) mass is 636 g/mol. The molecule has 2 nitrogen and oxygen atoms in total. The second kappa shape index (κ2) is 14.2. The van der Waals surface area contributed by atoms with Gasteiger partial charge in [-0.05, 0) is 124 Å². The van der Waals surface area contributed by atoms with Crippen molar-refractivity contribution in [3.8, 4) is 0 Å². The van der Waals surface area contributed by atoms with E-state index in [-0.39, 0.29) is 5.41 Å². The zero-order chi connectivity index (χ0) is 34.0. The lowest BCUT2D eigenvalue weighted by molar-refractivity contribution is 0.348. The van der Waals surface area contributed by atoms with Crippen molar-refractivity contribution in [1.29, 1.82) is 0 Å².